The van der Waals surface area contributed by atoms with Crippen molar-refractivity contribution in [2.45, 2.75) is 45.6 Å². The van der Waals surface area contributed by atoms with Crippen molar-refractivity contribution in [2.75, 3.05) is 37.1 Å². The molecule has 1 saturated carbocycles. The highest BCUT2D eigenvalue weighted by atomic mass is 16.5. The van der Waals surface area contributed by atoms with E-state index in [-0.39, 0.29) is 30.3 Å². The number of aryl methyl sites for hydroxylation is 1. The molecule has 2 aromatic rings. The average molecular weight is 480 g/mol. The van der Waals surface area contributed by atoms with Crippen molar-refractivity contribution < 1.29 is 23.9 Å². The van der Waals surface area contributed by atoms with Gasteiger partial charge in [0.05, 0.1) is 25.8 Å². The Morgan fingerprint density at radius 2 is 1.77 bits per heavy atom. The molecule has 8 nitrogen and oxygen atoms in total. The SMILES string of the molecule is CCN(C(=O)CN1C(=O)N(c2ccc(OC)c(OC)c2)C(=O)C2CCCCC21)c1cccc(C)c1. The van der Waals surface area contributed by atoms with E-state index in [9.17, 15) is 14.4 Å². The summed E-state index contributed by atoms with van der Waals surface area (Å²) >= 11 is 0. The maximum absolute atomic E-state index is 13.8. The lowest BCUT2D eigenvalue weighted by Gasteiger charge is -2.46. The van der Waals surface area contributed by atoms with Crippen LogP contribution in [0.5, 0.6) is 11.5 Å². The second kappa shape index (κ2) is 10.4. The molecule has 0 N–H and O–H groups in total. The molecule has 35 heavy (non-hydrogen) atoms. The maximum atomic E-state index is 13.8. The molecule has 2 atom stereocenters. The molecular weight excluding hydrogens is 446 g/mol. The molecule has 0 spiro atoms. The number of likely N-dealkylation sites (N-methyl/N-ethyl adjacent to an activating group) is 1. The Balaban J connectivity index is 1.67. The van der Waals surface area contributed by atoms with E-state index in [0.29, 0.717) is 36.6 Å². The minimum atomic E-state index is -0.473. The molecule has 0 radical (unpaired) electrons. The van der Waals surface area contributed by atoms with Crippen LogP contribution in [0.2, 0.25) is 0 Å². The minimum absolute atomic E-state index is 0.0845. The van der Waals surface area contributed by atoms with Gasteiger partial charge in [-0.25, -0.2) is 9.69 Å². The number of nitrogens with zero attached hydrogens (tertiary/aromatic N) is 3. The molecule has 4 amide bonds. The second-order valence-corrected chi connectivity index (χ2v) is 9.06. The lowest BCUT2D eigenvalue weighted by molar-refractivity contribution is -0.129. The molecule has 0 aromatic heterocycles. The van der Waals surface area contributed by atoms with Crippen molar-refractivity contribution in [2.24, 2.45) is 5.92 Å². The molecular formula is C27H33N3O5. The van der Waals surface area contributed by atoms with Gasteiger partial charge in [-0.2, -0.15) is 0 Å². The first-order valence-corrected chi connectivity index (χ1v) is 12.1. The quantitative estimate of drug-likeness (QED) is 0.588. The van der Waals surface area contributed by atoms with Crippen LogP contribution in [0.25, 0.3) is 0 Å². The number of anilines is 2. The topological polar surface area (TPSA) is 79.4 Å². The fourth-order valence-electron chi connectivity index (χ4n) is 5.22. The van der Waals surface area contributed by atoms with Gasteiger partial charge in [-0.15, -0.1) is 0 Å². The molecule has 1 saturated heterocycles. The summed E-state index contributed by atoms with van der Waals surface area (Å²) in [6.07, 6.45) is 3.26. The van der Waals surface area contributed by atoms with Gasteiger partial charge in [-0.3, -0.25) is 9.59 Å². The van der Waals surface area contributed by atoms with E-state index in [1.54, 1.807) is 28.0 Å². The summed E-state index contributed by atoms with van der Waals surface area (Å²) in [4.78, 5) is 45.3. The van der Waals surface area contributed by atoms with Gasteiger partial charge in [-0.05, 0) is 56.5 Å². The van der Waals surface area contributed by atoms with Gasteiger partial charge in [0.2, 0.25) is 11.8 Å². The Morgan fingerprint density at radius 1 is 1.03 bits per heavy atom. The first-order chi connectivity index (χ1) is 16.9. The van der Waals surface area contributed by atoms with E-state index in [4.69, 9.17) is 9.47 Å². The van der Waals surface area contributed by atoms with Gasteiger partial charge in [0.1, 0.15) is 6.54 Å². The van der Waals surface area contributed by atoms with Crippen LogP contribution < -0.4 is 19.3 Å². The van der Waals surface area contributed by atoms with Crippen molar-refractivity contribution >= 4 is 29.2 Å². The zero-order valence-electron chi connectivity index (χ0n) is 20.8. The van der Waals surface area contributed by atoms with Crippen LogP contribution in [0.1, 0.15) is 38.2 Å². The van der Waals surface area contributed by atoms with Gasteiger partial charge in [-0.1, -0.05) is 25.0 Å². The highest BCUT2D eigenvalue weighted by molar-refractivity contribution is 6.18. The number of rotatable bonds is 7. The summed E-state index contributed by atoms with van der Waals surface area (Å²) < 4.78 is 10.7. The number of amides is 4. The first-order valence-electron chi connectivity index (χ1n) is 12.1. The number of fused-ring (bicyclic) bond motifs is 1. The number of carbonyl (C=O) groups is 3. The molecule has 0 bridgehead atoms. The molecule has 186 valence electrons. The van der Waals surface area contributed by atoms with Gasteiger partial charge >= 0.3 is 6.03 Å². The van der Waals surface area contributed by atoms with Gasteiger partial charge in [0.15, 0.2) is 11.5 Å². The van der Waals surface area contributed by atoms with Crippen molar-refractivity contribution in [3.05, 3.63) is 48.0 Å². The monoisotopic (exact) mass is 479 g/mol. The standard InChI is InChI=1S/C27H33N3O5/c1-5-28(19-10-8-9-18(2)15-19)25(31)17-29-22-12-7-6-11-21(22)26(32)30(27(29)33)20-13-14-23(34-3)24(16-20)35-4/h8-10,13-16,21-22H,5-7,11-12,17H2,1-4H3. The molecule has 8 heteroatoms. The molecule has 2 aromatic carbocycles. The second-order valence-electron chi connectivity index (χ2n) is 9.06. The molecule has 1 aliphatic carbocycles. The maximum Gasteiger partial charge on any atom is 0.332 e. The first kappa shape index (κ1) is 24.6. The van der Waals surface area contributed by atoms with E-state index in [0.717, 1.165) is 24.1 Å². The number of carbonyl (C=O) groups excluding carboxylic acids is 3. The third-order valence-electron chi connectivity index (χ3n) is 6.97. The third-order valence-corrected chi connectivity index (χ3v) is 6.97. The number of imide groups is 1. The molecule has 2 fully saturated rings. The van der Waals surface area contributed by atoms with Crippen molar-refractivity contribution in [3.63, 3.8) is 0 Å². The number of ether oxygens (including phenoxy) is 2. The summed E-state index contributed by atoms with van der Waals surface area (Å²) in [6.45, 7) is 4.30. The molecule has 1 heterocycles. The summed E-state index contributed by atoms with van der Waals surface area (Å²) in [7, 11) is 3.04. The predicted molar refractivity (Wildman–Crippen MR) is 134 cm³/mol. The van der Waals surface area contributed by atoms with Gasteiger partial charge in [0, 0.05) is 24.3 Å². The Labute approximate surface area is 206 Å². The predicted octanol–water partition coefficient (Wildman–Crippen LogP) is 4.39. The Hall–Kier alpha value is -3.55. The van der Waals surface area contributed by atoms with Crippen LogP contribution in [-0.4, -0.2) is 56.1 Å². The number of hydrogen-bond donors (Lipinski definition) is 0. The smallest absolute Gasteiger partial charge is 0.332 e. The van der Waals surface area contributed by atoms with E-state index in [2.05, 4.69) is 0 Å². The van der Waals surface area contributed by atoms with E-state index < -0.39 is 6.03 Å². The zero-order chi connectivity index (χ0) is 25.1. The normalized spacial score (nSPS) is 19.9. The Bertz CT molecular complexity index is 1120. The van der Waals surface area contributed by atoms with Crippen LogP contribution in [-0.2, 0) is 9.59 Å². The average Bonchev–Trinajstić information content (AvgIpc) is 2.87. The zero-order valence-corrected chi connectivity index (χ0v) is 20.8. The van der Waals surface area contributed by atoms with Crippen molar-refractivity contribution in [1.29, 1.82) is 0 Å². The lowest BCUT2D eigenvalue weighted by atomic mass is 9.81. The Kier molecular flexibility index (Phi) is 7.28. The van der Waals surface area contributed by atoms with Crippen LogP contribution in [0, 0.1) is 12.8 Å². The van der Waals surface area contributed by atoms with Crippen LogP contribution in [0.3, 0.4) is 0 Å². The third kappa shape index (κ3) is 4.70. The number of urea groups is 1. The van der Waals surface area contributed by atoms with Gasteiger partial charge in [0.25, 0.3) is 0 Å². The van der Waals surface area contributed by atoms with Crippen LogP contribution in [0.4, 0.5) is 16.2 Å². The summed E-state index contributed by atoms with van der Waals surface area (Å²) in [5.74, 6) is 0.207. The van der Waals surface area contributed by atoms with E-state index >= 15 is 0 Å². The molecule has 2 aliphatic rings. The van der Waals surface area contributed by atoms with E-state index in [1.807, 2.05) is 38.1 Å². The fraction of sp³-hybridized carbons (Fsp3) is 0.444. The van der Waals surface area contributed by atoms with E-state index in [1.165, 1.54) is 19.1 Å². The number of methoxy groups -OCH3 is 2. The highest BCUT2D eigenvalue weighted by Crippen LogP contribution is 2.39. The summed E-state index contributed by atoms with van der Waals surface area (Å²) in [5.41, 5.74) is 2.26. The van der Waals surface area contributed by atoms with Crippen molar-refractivity contribution in [3.8, 4) is 11.5 Å². The van der Waals surface area contributed by atoms with Crippen molar-refractivity contribution in [1.82, 2.24) is 4.90 Å². The Morgan fingerprint density at radius 3 is 2.46 bits per heavy atom. The fourth-order valence-corrected chi connectivity index (χ4v) is 5.22. The summed E-state index contributed by atoms with van der Waals surface area (Å²) in [5, 5.41) is 0. The highest BCUT2D eigenvalue weighted by Gasteiger charge is 2.48. The summed E-state index contributed by atoms with van der Waals surface area (Å²) in [6, 6.07) is 12.0. The molecule has 2 unspecified atom stereocenters. The lowest BCUT2D eigenvalue weighted by Crippen LogP contribution is -2.64. The largest absolute Gasteiger partial charge is 0.493 e. The van der Waals surface area contributed by atoms with Crippen LogP contribution in [0.15, 0.2) is 42.5 Å². The molecule has 1 aliphatic heterocycles. The number of hydrogen-bond acceptors (Lipinski definition) is 5. The number of benzene rings is 2. The minimum Gasteiger partial charge on any atom is -0.493 e. The molecule has 4 rings (SSSR count). The van der Waals surface area contributed by atoms with Gasteiger partial charge < -0.3 is 19.3 Å². The van der Waals surface area contributed by atoms with Crippen LogP contribution >= 0.6 is 0 Å².